The largest absolute Gasteiger partial charge is 0.497 e. The quantitative estimate of drug-likeness (QED) is 0.752. The number of ether oxygens (including phenoxy) is 4. The molecule has 2 aromatic carbocycles. The predicted molar refractivity (Wildman–Crippen MR) is 115 cm³/mol. The number of carbonyl (C=O) groups is 1. The Morgan fingerprint density at radius 3 is 2.70 bits per heavy atom. The molecule has 2 heterocycles. The molecule has 1 atom stereocenters. The molecule has 7 heteroatoms. The summed E-state index contributed by atoms with van der Waals surface area (Å²) >= 11 is 6.55. The van der Waals surface area contributed by atoms with E-state index in [2.05, 4.69) is 11.4 Å². The number of hydrogen-bond donors (Lipinski definition) is 1. The Kier molecular flexibility index (Phi) is 6.35. The molecular formula is C23H26ClNO5. The highest BCUT2D eigenvalue weighted by atomic mass is 35.5. The van der Waals surface area contributed by atoms with E-state index in [4.69, 9.17) is 30.5 Å². The van der Waals surface area contributed by atoms with Crippen molar-refractivity contribution in [1.82, 2.24) is 5.32 Å². The van der Waals surface area contributed by atoms with Crippen LogP contribution < -0.4 is 19.5 Å². The van der Waals surface area contributed by atoms with Crippen molar-refractivity contribution in [2.45, 2.75) is 25.4 Å². The van der Waals surface area contributed by atoms with Gasteiger partial charge in [0.1, 0.15) is 23.4 Å². The first-order valence-corrected chi connectivity index (χ1v) is 10.5. The van der Waals surface area contributed by atoms with Crippen molar-refractivity contribution in [3.05, 3.63) is 40.9 Å². The predicted octanol–water partition coefficient (Wildman–Crippen LogP) is 3.87. The van der Waals surface area contributed by atoms with E-state index in [0.29, 0.717) is 37.0 Å². The van der Waals surface area contributed by atoms with Gasteiger partial charge in [0.15, 0.2) is 0 Å². The summed E-state index contributed by atoms with van der Waals surface area (Å²) in [4.78, 5) is 12.4. The Bertz CT molecular complexity index is 926. The highest BCUT2D eigenvalue weighted by molar-refractivity contribution is 6.32. The second-order valence-corrected chi connectivity index (χ2v) is 8.00. The summed E-state index contributed by atoms with van der Waals surface area (Å²) in [7, 11) is 3.27. The molecule has 2 aromatic rings. The third kappa shape index (κ3) is 4.35. The van der Waals surface area contributed by atoms with Crippen LogP contribution in [0.4, 0.5) is 0 Å². The molecule has 1 amide bonds. The molecule has 2 aliphatic heterocycles. The molecule has 0 unspecified atom stereocenters. The monoisotopic (exact) mass is 431 g/mol. The summed E-state index contributed by atoms with van der Waals surface area (Å²) in [6.45, 7) is 1.75. The Balaban J connectivity index is 1.48. The fraction of sp³-hybridized carbons (Fsp3) is 0.435. The van der Waals surface area contributed by atoms with Gasteiger partial charge in [-0.15, -0.1) is 0 Å². The minimum atomic E-state index is -0.135. The molecule has 30 heavy (non-hydrogen) atoms. The van der Waals surface area contributed by atoms with Gasteiger partial charge in [-0.05, 0) is 48.7 Å². The van der Waals surface area contributed by atoms with Crippen molar-refractivity contribution in [2.24, 2.45) is 5.92 Å². The molecule has 6 nitrogen and oxygen atoms in total. The van der Waals surface area contributed by atoms with Crippen LogP contribution in [0.3, 0.4) is 0 Å². The number of nitrogens with one attached hydrogen (secondary N) is 1. The number of carbonyl (C=O) groups excluding carboxylic acids is 1. The van der Waals surface area contributed by atoms with Gasteiger partial charge in [-0.2, -0.15) is 0 Å². The van der Waals surface area contributed by atoms with Crippen molar-refractivity contribution in [3.8, 4) is 28.4 Å². The third-order valence-electron chi connectivity index (χ3n) is 5.67. The van der Waals surface area contributed by atoms with E-state index in [-0.39, 0.29) is 17.9 Å². The molecule has 0 saturated carbocycles. The van der Waals surface area contributed by atoms with Crippen LogP contribution in [0.1, 0.15) is 18.4 Å². The van der Waals surface area contributed by atoms with Crippen LogP contribution in [0.25, 0.3) is 11.1 Å². The number of amides is 1. The SMILES string of the molecule is COc1ccc(OC)c(-c2cc(Cl)c3c(c2)C[C@@H](CNC(=O)C2CCOCC2)O3)c1. The lowest BCUT2D eigenvalue weighted by Crippen LogP contribution is -2.39. The first-order chi connectivity index (χ1) is 14.6. The van der Waals surface area contributed by atoms with E-state index in [0.717, 1.165) is 41.0 Å². The van der Waals surface area contributed by atoms with E-state index in [9.17, 15) is 4.79 Å². The van der Waals surface area contributed by atoms with Gasteiger partial charge in [-0.3, -0.25) is 4.79 Å². The Hall–Kier alpha value is -2.44. The first kappa shape index (κ1) is 20.8. The van der Waals surface area contributed by atoms with Crippen LogP contribution >= 0.6 is 11.6 Å². The third-order valence-corrected chi connectivity index (χ3v) is 5.95. The topological polar surface area (TPSA) is 66.0 Å². The average molecular weight is 432 g/mol. The van der Waals surface area contributed by atoms with Crippen molar-refractivity contribution in [2.75, 3.05) is 34.0 Å². The first-order valence-electron chi connectivity index (χ1n) is 10.2. The van der Waals surface area contributed by atoms with Gasteiger partial charge >= 0.3 is 0 Å². The second-order valence-electron chi connectivity index (χ2n) is 7.59. The zero-order valence-electron chi connectivity index (χ0n) is 17.2. The maximum Gasteiger partial charge on any atom is 0.223 e. The molecule has 0 spiro atoms. The fourth-order valence-corrected chi connectivity index (χ4v) is 4.30. The smallest absolute Gasteiger partial charge is 0.223 e. The molecule has 0 aliphatic carbocycles. The normalized spacial score (nSPS) is 18.4. The van der Waals surface area contributed by atoms with E-state index < -0.39 is 0 Å². The lowest BCUT2D eigenvalue weighted by molar-refractivity contribution is -0.128. The fourth-order valence-electron chi connectivity index (χ4n) is 4.02. The molecule has 2 aliphatic rings. The summed E-state index contributed by atoms with van der Waals surface area (Å²) < 4.78 is 22.2. The van der Waals surface area contributed by atoms with Crippen LogP contribution in [-0.2, 0) is 16.0 Å². The van der Waals surface area contributed by atoms with Crippen LogP contribution in [0.15, 0.2) is 30.3 Å². The van der Waals surface area contributed by atoms with Crippen molar-refractivity contribution < 1.29 is 23.7 Å². The van der Waals surface area contributed by atoms with Gasteiger partial charge in [0.2, 0.25) is 5.91 Å². The number of rotatable bonds is 6. The van der Waals surface area contributed by atoms with Crippen LogP contribution in [0.2, 0.25) is 5.02 Å². The van der Waals surface area contributed by atoms with Gasteiger partial charge in [-0.1, -0.05) is 11.6 Å². The van der Waals surface area contributed by atoms with Crippen LogP contribution in [0, 0.1) is 5.92 Å². The van der Waals surface area contributed by atoms with Crippen LogP contribution in [0.5, 0.6) is 17.2 Å². The molecule has 1 fully saturated rings. The number of benzene rings is 2. The van der Waals surface area contributed by atoms with Gasteiger partial charge < -0.3 is 24.3 Å². The average Bonchev–Trinajstić information content (AvgIpc) is 3.21. The van der Waals surface area contributed by atoms with Crippen molar-refractivity contribution >= 4 is 17.5 Å². The lowest BCUT2D eigenvalue weighted by Gasteiger charge is -2.22. The van der Waals surface area contributed by atoms with E-state index >= 15 is 0 Å². The summed E-state index contributed by atoms with van der Waals surface area (Å²) in [5.41, 5.74) is 2.86. The van der Waals surface area contributed by atoms with Crippen molar-refractivity contribution in [1.29, 1.82) is 0 Å². The van der Waals surface area contributed by atoms with E-state index in [1.54, 1.807) is 14.2 Å². The zero-order valence-corrected chi connectivity index (χ0v) is 18.0. The number of hydrogen-bond acceptors (Lipinski definition) is 5. The molecule has 0 radical (unpaired) electrons. The Morgan fingerprint density at radius 2 is 1.97 bits per heavy atom. The summed E-state index contributed by atoms with van der Waals surface area (Å²) in [5.74, 6) is 2.27. The highest BCUT2D eigenvalue weighted by Gasteiger charge is 2.28. The van der Waals surface area contributed by atoms with Crippen LogP contribution in [-0.4, -0.2) is 46.0 Å². The molecule has 4 rings (SSSR count). The Morgan fingerprint density at radius 1 is 1.17 bits per heavy atom. The molecule has 1 N–H and O–H groups in total. The Labute approximate surface area is 181 Å². The van der Waals surface area contributed by atoms with E-state index in [1.807, 2.05) is 24.3 Å². The van der Waals surface area contributed by atoms with Gasteiger partial charge in [0.25, 0.3) is 0 Å². The highest BCUT2D eigenvalue weighted by Crippen LogP contribution is 2.42. The minimum Gasteiger partial charge on any atom is -0.497 e. The summed E-state index contributed by atoms with van der Waals surface area (Å²) in [6, 6.07) is 9.61. The summed E-state index contributed by atoms with van der Waals surface area (Å²) in [5, 5.41) is 3.58. The molecule has 1 saturated heterocycles. The second kappa shape index (κ2) is 9.14. The summed E-state index contributed by atoms with van der Waals surface area (Å²) in [6.07, 6.45) is 2.09. The van der Waals surface area contributed by atoms with Gasteiger partial charge in [0, 0.05) is 36.7 Å². The molecule has 0 bridgehead atoms. The van der Waals surface area contributed by atoms with Gasteiger partial charge in [-0.25, -0.2) is 0 Å². The number of fused-ring (bicyclic) bond motifs is 1. The maximum absolute atomic E-state index is 12.4. The van der Waals surface area contributed by atoms with E-state index in [1.165, 1.54) is 0 Å². The number of methoxy groups -OCH3 is 2. The minimum absolute atomic E-state index is 0.0262. The maximum atomic E-state index is 12.4. The molecule has 160 valence electrons. The van der Waals surface area contributed by atoms with Crippen molar-refractivity contribution in [3.63, 3.8) is 0 Å². The zero-order chi connectivity index (χ0) is 21.1. The molecule has 0 aromatic heterocycles. The standard InChI is InChI=1S/C23H26ClNO5/c1-27-17-3-4-21(28-2)19(12-17)15-9-16-10-18(30-22(16)20(24)11-15)13-25-23(26)14-5-7-29-8-6-14/h3-4,9,11-12,14,18H,5-8,10,13H2,1-2H3,(H,25,26)/t18-/m0/s1. The number of halogens is 1. The lowest BCUT2D eigenvalue weighted by atomic mass is 9.99. The van der Waals surface area contributed by atoms with Gasteiger partial charge in [0.05, 0.1) is 25.8 Å². The molecular weight excluding hydrogens is 406 g/mol.